The Morgan fingerprint density at radius 2 is 1.10 bits per heavy atom. The van der Waals surface area contributed by atoms with E-state index in [4.69, 9.17) is 22.2 Å². The van der Waals surface area contributed by atoms with Gasteiger partial charge < -0.3 is 4.42 Å². The van der Waals surface area contributed by atoms with Gasteiger partial charge in [-0.15, -0.1) is 0 Å². The van der Waals surface area contributed by atoms with Crippen LogP contribution in [-0.4, -0.2) is 0 Å². The second-order valence-electron chi connectivity index (χ2n) is 8.63. The van der Waals surface area contributed by atoms with Gasteiger partial charge in [0.05, 0.1) is 26.0 Å². The Morgan fingerprint density at radius 3 is 1.92 bits per heavy atom. The number of hydrogen-bond acceptors (Lipinski definition) is 1. The zero-order valence-electron chi connectivity index (χ0n) is 38.8. The van der Waals surface area contributed by atoms with Crippen molar-refractivity contribution in [2.45, 2.75) is 0 Å². The molecule has 0 amide bonds. The first-order valence-corrected chi connectivity index (χ1v) is 11.8. The molecule has 7 aromatic carbocycles. The Balaban J connectivity index is 1.84. The third kappa shape index (κ3) is 3.41. The summed E-state index contributed by atoms with van der Waals surface area (Å²) in [6.07, 6.45) is 0. The van der Waals surface area contributed by atoms with Crippen molar-refractivity contribution < 1.29 is 30.5 Å². The fourth-order valence-corrected chi connectivity index (χ4v) is 4.89. The van der Waals surface area contributed by atoms with Gasteiger partial charge in [-0.2, -0.15) is 0 Å². The molecule has 1 nitrogen and oxygen atoms in total. The first kappa shape index (κ1) is 10.2. The van der Waals surface area contributed by atoms with Gasteiger partial charge in [0.15, 0.2) is 0 Å². The van der Waals surface area contributed by atoms with E-state index in [9.17, 15) is 8.22 Å². The fourth-order valence-electron chi connectivity index (χ4n) is 4.89. The maximum absolute atomic E-state index is 9.84. The Kier molecular flexibility index (Phi) is 2.28. The van der Waals surface area contributed by atoms with Crippen molar-refractivity contribution in [3.8, 4) is 33.4 Å². The molecule has 8 aromatic rings. The lowest BCUT2D eigenvalue weighted by Crippen LogP contribution is -1.92. The van der Waals surface area contributed by atoms with Crippen LogP contribution in [0.25, 0.3) is 76.9 Å². The van der Waals surface area contributed by atoms with E-state index in [0.717, 1.165) is 0 Å². The monoisotopic (exact) mass is 515 g/mol. The lowest BCUT2D eigenvalue weighted by Gasteiger charge is -2.19. The zero-order valence-corrected chi connectivity index (χ0v) is 19.8. The Hall–Kier alpha value is -5.14. The predicted octanol–water partition coefficient (Wildman–Crippen LogP) is 10.9. The van der Waals surface area contributed by atoms with Crippen LogP contribution in [0.5, 0.6) is 0 Å². The molecule has 0 aliphatic rings. The van der Waals surface area contributed by atoms with Crippen molar-refractivity contribution in [3.63, 3.8) is 0 Å². The molecule has 0 saturated carbocycles. The molecule has 39 heavy (non-hydrogen) atoms. The number of benzene rings is 7. The van der Waals surface area contributed by atoms with Gasteiger partial charge in [0.1, 0.15) is 11.2 Å². The van der Waals surface area contributed by atoms with E-state index in [1.807, 2.05) is 0 Å². The van der Waals surface area contributed by atoms with E-state index < -0.39 is 170 Å². The minimum absolute atomic E-state index is 0.170. The Morgan fingerprint density at radius 1 is 0.436 bits per heavy atom. The van der Waals surface area contributed by atoms with Crippen LogP contribution in [0.3, 0.4) is 0 Å². The van der Waals surface area contributed by atoms with Gasteiger partial charge in [0.25, 0.3) is 0 Å². The molecule has 0 N–H and O–H groups in total. The fraction of sp³-hybridized carbons (Fsp3) is 0. The highest BCUT2D eigenvalue weighted by molar-refractivity contribution is 6.26. The van der Waals surface area contributed by atoms with E-state index >= 15 is 0 Å². The molecule has 0 aliphatic carbocycles. The van der Waals surface area contributed by atoms with Gasteiger partial charge in [0, 0.05) is 10.8 Å². The zero-order chi connectivity index (χ0) is 42.3. The van der Waals surface area contributed by atoms with Crippen LogP contribution in [0.1, 0.15) is 26.0 Å². The maximum Gasteiger partial charge on any atom is 0.136 e. The molecule has 1 heteroatoms. The second kappa shape index (κ2) is 8.72. The number of fused-ring (bicyclic) bond motifs is 5. The summed E-state index contributed by atoms with van der Waals surface area (Å²) in [7, 11) is 0. The van der Waals surface area contributed by atoms with Gasteiger partial charge in [-0.05, 0) is 73.1 Å². The number of furan rings is 1. The van der Waals surface area contributed by atoms with E-state index in [1.54, 1.807) is 30.3 Å². The number of rotatable bonds is 3. The normalized spacial score (nSPS) is 18.4. The van der Waals surface area contributed by atoms with Gasteiger partial charge in [0.2, 0.25) is 0 Å². The molecule has 1 aromatic heterocycles. The summed E-state index contributed by atoms with van der Waals surface area (Å²) in [5.74, 6) is 0. The number of para-hydroxylation sites is 1. The minimum atomic E-state index is -0.845. The summed E-state index contributed by atoms with van der Waals surface area (Å²) < 4.78 is 175. The van der Waals surface area contributed by atoms with Crippen molar-refractivity contribution in [1.82, 2.24) is 0 Å². The van der Waals surface area contributed by atoms with Crippen molar-refractivity contribution in [3.05, 3.63) is 145 Å². The highest BCUT2D eigenvalue weighted by Crippen LogP contribution is 2.47. The molecule has 0 spiro atoms. The topological polar surface area (TPSA) is 13.1 Å². The molecule has 0 bridgehead atoms. The van der Waals surface area contributed by atoms with Gasteiger partial charge in [-0.1, -0.05) is 127 Å². The Bertz CT molecular complexity index is 3180. The summed E-state index contributed by atoms with van der Waals surface area (Å²) in [4.78, 5) is 0. The van der Waals surface area contributed by atoms with Crippen LogP contribution < -0.4 is 0 Å². The van der Waals surface area contributed by atoms with Gasteiger partial charge in [-0.3, -0.25) is 0 Å². The van der Waals surface area contributed by atoms with Crippen molar-refractivity contribution >= 4 is 43.5 Å². The molecule has 0 atom stereocenters. The average Bonchev–Trinajstić information content (AvgIpc) is 3.61. The molecule has 182 valence electrons. The van der Waals surface area contributed by atoms with Gasteiger partial charge >= 0.3 is 0 Å². The summed E-state index contributed by atoms with van der Waals surface area (Å²) >= 11 is 0. The third-order valence-corrected chi connectivity index (χ3v) is 6.51. The highest BCUT2D eigenvalue weighted by atomic mass is 16.3. The molecular weight excluding hydrogens is 472 g/mol. The molecule has 8 rings (SSSR count). The highest BCUT2D eigenvalue weighted by Gasteiger charge is 2.20. The average molecular weight is 516 g/mol. The smallest absolute Gasteiger partial charge is 0.136 e. The Labute approximate surface area is 253 Å². The molecule has 0 fully saturated rings. The maximum atomic E-state index is 9.84. The molecule has 0 radical (unpaired) electrons. The lowest BCUT2D eigenvalue weighted by molar-refractivity contribution is 0.669. The predicted molar refractivity (Wildman–Crippen MR) is 165 cm³/mol. The van der Waals surface area contributed by atoms with Gasteiger partial charge in [-0.25, -0.2) is 0 Å². The van der Waals surface area contributed by atoms with E-state index in [0.29, 0.717) is 0 Å². The summed E-state index contributed by atoms with van der Waals surface area (Å²) in [5, 5.41) is -2.64. The summed E-state index contributed by atoms with van der Waals surface area (Å²) in [6, 6.07) is -6.36. The van der Waals surface area contributed by atoms with Crippen LogP contribution in [0.4, 0.5) is 0 Å². The minimum Gasteiger partial charge on any atom is -0.456 e. The second-order valence-corrected chi connectivity index (χ2v) is 8.63. The lowest BCUT2D eigenvalue weighted by atomic mass is 9.84. The van der Waals surface area contributed by atoms with Crippen LogP contribution in [0, 0.1) is 0 Å². The van der Waals surface area contributed by atoms with Crippen LogP contribution in [0.15, 0.2) is 150 Å². The quantitative estimate of drug-likeness (QED) is 0.213. The van der Waals surface area contributed by atoms with Crippen molar-refractivity contribution in [1.29, 1.82) is 0 Å². The summed E-state index contributed by atoms with van der Waals surface area (Å²) in [6.45, 7) is 0. The van der Waals surface area contributed by atoms with Crippen LogP contribution in [0.2, 0.25) is 0 Å². The number of hydrogen-bond donors (Lipinski definition) is 0. The molecule has 0 saturated heterocycles. The molecule has 0 aliphatic heterocycles. The third-order valence-electron chi connectivity index (χ3n) is 6.51. The standard InChI is InChI=1S/C38H24O/c1-3-12-25(13-4-1)27-22-23-30-33(24-27)37(29-17-8-7-16-28(29)36(30)26-14-5-2-6-15-26)32-19-11-21-35-38(32)31-18-9-10-20-34(31)39-35/h1-24H/i2D,5D,6D,7D,8D,9D,10D,11D,14D,15D,16D,17D,18D,19D,20D,21D,22D,23D,24D. The first-order chi connectivity index (χ1) is 27.3. The van der Waals surface area contributed by atoms with Crippen LogP contribution >= 0.6 is 0 Å². The largest absolute Gasteiger partial charge is 0.456 e. The van der Waals surface area contributed by atoms with E-state index in [1.165, 1.54) is 0 Å². The van der Waals surface area contributed by atoms with Crippen molar-refractivity contribution in [2.75, 3.05) is 0 Å². The van der Waals surface area contributed by atoms with E-state index in [-0.39, 0.29) is 21.9 Å². The summed E-state index contributed by atoms with van der Waals surface area (Å²) in [5.41, 5.74) is -2.91. The first-order valence-electron chi connectivity index (χ1n) is 21.3. The SMILES string of the molecule is [2H]c1c([2H])c([2H])c(-c2c3c([2H])c([2H])c([2H])c([2H])c3c(-c3c([2H])c([2H])c([2H])c4oc5c([2H])c([2H])c([2H])c([2H])c5c34)c3c([2H])c(-c4ccccc4)c([2H])c([2H])c23)c([2H])c1[2H]. The van der Waals surface area contributed by atoms with E-state index in [2.05, 4.69) is 0 Å². The molecular formula is C38H24O. The molecule has 0 unspecified atom stereocenters. The van der Waals surface area contributed by atoms with Crippen molar-refractivity contribution in [2.24, 2.45) is 0 Å². The molecule has 1 heterocycles. The van der Waals surface area contributed by atoms with Crippen LogP contribution in [-0.2, 0) is 0 Å².